The van der Waals surface area contributed by atoms with Crippen molar-refractivity contribution < 1.29 is 0 Å². The third-order valence-corrected chi connectivity index (χ3v) is 5.25. The average Bonchev–Trinajstić information content (AvgIpc) is 2.14. The van der Waals surface area contributed by atoms with E-state index in [4.69, 9.17) is 0 Å². The molecule has 0 N–H and O–H groups in total. The van der Waals surface area contributed by atoms with E-state index in [1.54, 1.807) is 12.8 Å². The second-order valence-electron chi connectivity index (χ2n) is 5.41. The normalized spacial score (nSPS) is 57.2. The fourth-order valence-electron chi connectivity index (χ4n) is 4.09. The van der Waals surface area contributed by atoms with E-state index in [1.807, 2.05) is 0 Å². The van der Waals surface area contributed by atoms with E-state index in [1.165, 1.54) is 32.1 Å². The zero-order valence-electron chi connectivity index (χ0n) is 7.56. The molecule has 4 rings (SSSR count). The monoisotopic (exact) mass is 228 g/mol. The van der Waals surface area contributed by atoms with E-state index in [9.17, 15) is 0 Å². The third kappa shape index (κ3) is 1.16. The molecule has 4 bridgehead atoms. The predicted octanol–water partition coefficient (Wildman–Crippen LogP) is 3.74. The summed E-state index contributed by atoms with van der Waals surface area (Å²) >= 11 is 4.01. The minimum Gasteiger partial charge on any atom is -0.0853 e. The zero-order valence-corrected chi connectivity index (χ0v) is 9.15. The van der Waals surface area contributed by atoms with Gasteiger partial charge in [-0.3, -0.25) is 0 Å². The quantitative estimate of drug-likeness (QED) is 0.555. The molecule has 0 aromatic rings. The number of hydrogen-bond acceptors (Lipinski definition) is 0. The molecule has 0 aromatic carbocycles. The maximum absolute atomic E-state index is 4.01. The highest BCUT2D eigenvalue weighted by Crippen LogP contribution is 2.56. The van der Waals surface area contributed by atoms with Crippen molar-refractivity contribution >= 4 is 15.9 Å². The molecule has 4 aliphatic rings. The second-order valence-corrected chi connectivity index (χ2v) is 7.09. The highest BCUT2D eigenvalue weighted by Gasteiger charge is 2.46. The summed E-state index contributed by atoms with van der Waals surface area (Å²) in [7, 11) is 0. The summed E-state index contributed by atoms with van der Waals surface area (Å²) in [6.07, 6.45) is 10.6. The van der Waals surface area contributed by atoms with Crippen LogP contribution in [-0.2, 0) is 0 Å². The third-order valence-electron chi connectivity index (χ3n) is 4.28. The Morgan fingerprint density at radius 2 is 1.33 bits per heavy atom. The van der Waals surface area contributed by atoms with Crippen LogP contribution in [0.4, 0.5) is 0 Å². The van der Waals surface area contributed by atoms with Gasteiger partial charge in [-0.05, 0) is 49.9 Å². The molecule has 0 saturated heterocycles. The molecule has 4 fully saturated rings. The first kappa shape index (κ1) is 7.84. The van der Waals surface area contributed by atoms with Gasteiger partial charge in [0.05, 0.1) is 0 Å². The number of rotatable bonds is 0. The first-order valence-corrected chi connectivity index (χ1v) is 6.22. The van der Waals surface area contributed by atoms with Crippen molar-refractivity contribution in [1.29, 1.82) is 0 Å². The van der Waals surface area contributed by atoms with Gasteiger partial charge in [-0.25, -0.2) is 0 Å². The van der Waals surface area contributed by atoms with Crippen molar-refractivity contribution in [2.24, 2.45) is 17.8 Å². The average molecular weight is 229 g/mol. The lowest BCUT2D eigenvalue weighted by molar-refractivity contribution is 0.162. The Morgan fingerprint density at radius 3 is 1.83 bits per heavy atom. The molecule has 2 atom stereocenters. The zero-order chi connectivity index (χ0) is 8.18. The van der Waals surface area contributed by atoms with Crippen LogP contribution in [0.25, 0.3) is 0 Å². The Hall–Kier alpha value is 0.480. The number of alkyl halides is 1. The predicted molar refractivity (Wildman–Crippen MR) is 54.4 cm³/mol. The van der Waals surface area contributed by atoms with Crippen molar-refractivity contribution in [1.82, 2.24) is 0 Å². The summed E-state index contributed by atoms with van der Waals surface area (Å²) in [5.41, 5.74) is 0. The van der Waals surface area contributed by atoms with Gasteiger partial charge in [0.1, 0.15) is 0 Å². The van der Waals surface area contributed by atoms with E-state index >= 15 is 0 Å². The van der Waals surface area contributed by atoms with Crippen LogP contribution in [0.5, 0.6) is 0 Å². The molecule has 12 heavy (non-hydrogen) atoms. The van der Waals surface area contributed by atoms with Crippen molar-refractivity contribution in [3.8, 4) is 0 Å². The topological polar surface area (TPSA) is 0 Å². The van der Waals surface area contributed by atoms with Crippen LogP contribution in [0.1, 0.15) is 44.9 Å². The van der Waals surface area contributed by atoms with E-state index in [0.717, 1.165) is 17.8 Å². The maximum atomic E-state index is 4.01. The Labute approximate surface area is 83.2 Å². The Morgan fingerprint density at radius 1 is 0.833 bits per heavy atom. The van der Waals surface area contributed by atoms with Gasteiger partial charge in [-0.1, -0.05) is 28.8 Å². The van der Waals surface area contributed by atoms with Crippen LogP contribution in [0.15, 0.2) is 0 Å². The largest absolute Gasteiger partial charge is 0.0853 e. The van der Waals surface area contributed by atoms with Crippen LogP contribution >= 0.6 is 15.9 Å². The molecule has 0 amide bonds. The van der Waals surface area contributed by atoms with Gasteiger partial charge in [0.15, 0.2) is 0 Å². The molecule has 0 heterocycles. The first-order chi connectivity index (χ1) is 5.73. The summed E-state index contributed by atoms with van der Waals surface area (Å²) in [5, 5.41) is 0. The highest BCUT2D eigenvalue weighted by molar-refractivity contribution is 9.10. The van der Waals surface area contributed by atoms with Crippen LogP contribution in [0.2, 0.25) is 0 Å². The van der Waals surface area contributed by atoms with Crippen LogP contribution in [0, 0.1) is 17.8 Å². The van der Waals surface area contributed by atoms with Crippen molar-refractivity contribution in [3.05, 3.63) is 0 Å². The summed E-state index contributed by atoms with van der Waals surface area (Å²) in [6, 6.07) is 0. The fourth-order valence-corrected chi connectivity index (χ4v) is 5.46. The summed E-state index contributed by atoms with van der Waals surface area (Å²) in [5.74, 6) is 3.25. The molecule has 0 aliphatic heterocycles. The smallest absolute Gasteiger partial charge is 0.0266 e. The van der Waals surface area contributed by atoms with Crippen molar-refractivity contribution in [3.63, 3.8) is 0 Å². The van der Waals surface area contributed by atoms with Gasteiger partial charge in [0, 0.05) is 4.32 Å². The second kappa shape index (κ2) is 2.50. The lowest BCUT2D eigenvalue weighted by Crippen LogP contribution is -2.38. The first-order valence-electron chi connectivity index (χ1n) is 5.42. The van der Waals surface area contributed by atoms with Crippen molar-refractivity contribution in [2.45, 2.75) is 49.3 Å². The van der Waals surface area contributed by atoms with Crippen LogP contribution < -0.4 is 0 Å². The summed E-state index contributed by atoms with van der Waals surface area (Å²) < 4.78 is 0.597. The molecular formula is C11H17Br. The Balaban J connectivity index is 1.95. The Bertz CT molecular complexity index is 183. The van der Waals surface area contributed by atoms with Gasteiger partial charge in [-0.15, -0.1) is 0 Å². The maximum Gasteiger partial charge on any atom is 0.0266 e. The van der Waals surface area contributed by atoms with E-state index < -0.39 is 0 Å². The minimum atomic E-state index is 0.597. The molecule has 0 spiro atoms. The van der Waals surface area contributed by atoms with Gasteiger partial charge in [-0.2, -0.15) is 0 Å². The van der Waals surface area contributed by atoms with E-state index in [0.29, 0.717) is 4.32 Å². The molecule has 2 unspecified atom stereocenters. The molecule has 0 radical (unpaired) electrons. The van der Waals surface area contributed by atoms with Crippen LogP contribution in [-0.4, -0.2) is 4.32 Å². The summed E-state index contributed by atoms with van der Waals surface area (Å²) in [6.45, 7) is 0. The molecule has 1 heteroatoms. The highest BCUT2D eigenvalue weighted by atomic mass is 79.9. The van der Waals surface area contributed by atoms with Gasteiger partial charge in [0.2, 0.25) is 0 Å². The molecule has 4 aliphatic carbocycles. The molecule has 68 valence electrons. The van der Waals surface area contributed by atoms with Gasteiger partial charge in [0.25, 0.3) is 0 Å². The standard InChI is InChI=1S/C11H17Br/c12-11-5-8-1-2-9(6-11)4-10(3-8)7-11/h8-10H,1-7H2. The molecule has 0 aromatic heterocycles. The number of hydrogen-bond donors (Lipinski definition) is 0. The van der Waals surface area contributed by atoms with Gasteiger partial charge >= 0.3 is 0 Å². The fraction of sp³-hybridized carbons (Fsp3) is 1.00. The molecule has 0 nitrogen and oxygen atoms in total. The van der Waals surface area contributed by atoms with Gasteiger partial charge < -0.3 is 0 Å². The number of fused-ring (bicyclic) bond motifs is 1. The number of halogens is 1. The van der Waals surface area contributed by atoms with E-state index in [-0.39, 0.29) is 0 Å². The summed E-state index contributed by atoms with van der Waals surface area (Å²) in [4.78, 5) is 0. The minimum absolute atomic E-state index is 0.597. The van der Waals surface area contributed by atoms with E-state index in [2.05, 4.69) is 15.9 Å². The van der Waals surface area contributed by atoms with Crippen LogP contribution in [0.3, 0.4) is 0 Å². The lowest BCUT2D eigenvalue weighted by Gasteiger charge is -2.44. The molecule has 4 saturated carbocycles. The lowest BCUT2D eigenvalue weighted by atomic mass is 9.67. The SMILES string of the molecule is BrC12CC3CCC(CC(C3)C1)C2. The molecular weight excluding hydrogens is 212 g/mol. The van der Waals surface area contributed by atoms with Crippen molar-refractivity contribution in [2.75, 3.05) is 0 Å². The Kier molecular flexibility index (Phi) is 1.63.